The number of benzene rings is 2. The van der Waals surface area contributed by atoms with Crippen LogP contribution >= 0.6 is 27.3 Å². The second-order valence-corrected chi connectivity index (χ2v) is 8.74. The lowest BCUT2D eigenvalue weighted by Gasteiger charge is -2.18. The molecular formula is C24H23BrN2OS. The molecule has 1 atom stereocenters. The van der Waals surface area contributed by atoms with Crippen LogP contribution in [0.1, 0.15) is 24.1 Å². The Bertz CT molecular complexity index is 1090. The van der Waals surface area contributed by atoms with E-state index in [1.165, 1.54) is 11.1 Å². The predicted octanol–water partition coefficient (Wildman–Crippen LogP) is 6.63. The Morgan fingerprint density at radius 1 is 1.10 bits per heavy atom. The molecule has 0 saturated carbocycles. The highest BCUT2D eigenvalue weighted by atomic mass is 79.9. The third-order valence-corrected chi connectivity index (χ3v) is 6.30. The molecule has 29 heavy (non-hydrogen) atoms. The number of nitrogens with one attached hydrogen (secondary N) is 1. The van der Waals surface area contributed by atoms with Gasteiger partial charge in [-0.1, -0.05) is 28.1 Å². The number of methoxy groups -OCH3 is 1. The number of thiophene rings is 1. The van der Waals surface area contributed by atoms with Gasteiger partial charge in [0.1, 0.15) is 5.75 Å². The Balaban J connectivity index is 1.60. The molecule has 2 heterocycles. The van der Waals surface area contributed by atoms with E-state index in [-0.39, 0.29) is 6.04 Å². The number of aromatic nitrogens is 1. The summed E-state index contributed by atoms with van der Waals surface area (Å²) in [7, 11) is 1.69. The number of fused-ring (bicyclic) bond motifs is 1. The van der Waals surface area contributed by atoms with Gasteiger partial charge in [-0.3, -0.25) is 0 Å². The first-order chi connectivity index (χ1) is 14.1. The molecule has 1 N–H and O–H groups in total. The third kappa shape index (κ3) is 4.69. The molecule has 1 unspecified atom stereocenters. The minimum atomic E-state index is 0.194. The summed E-state index contributed by atoms with van der Waals surface area (Å²) in [6.07, 6.45) is 0.990. The van der Waals surface area contributed by atoms with Gasteiger partial charge in [-0.05, 0) is 72.8 Å². The monoisotopic (exact) mass is 466 g/mol. The highest BCUT2D eigenvalue weighted by Crippen LogP contribution is 2.32. The second kappa shape index (κ2) is 9.08. The van der Waals surface area contributed by atoms with E-state index in [4.69, 9.17) is 9.72 Å². The van der Waals surface area contributed by atoms with Crippen LogP contribution in [0.15, 0.2) is 69.8 Å². The van der Waals surface area contributed by atoms with Crippen LogP contribution in [0.2, 0.25) is 0 Å². The molecule has 0 spiro atoms. The van der Waals surface area contributed by atoms with E-state index < -0.39 is 0 Å². The van der Waals surface area contributed by atoms with Crippen molar-refractivity contribution in [2.75, 3.05) is 13.7 Å². The van der Waals surface area contributed by atoms with Crippen molar-refractivity contribution in [3.63, 3.8) is 0 Å². The first-order valence-electron chi connectivity index (χ1n) is 9.63. The summed E-state index contributed by atoms with van der Waals surface area (Å²) in [6.45, 7) is 3.12. The van der Waals surface area contributed by atoms with Crippen LogP contribution in [0.3, 0.4) is 0 Å². The van der Waals surface area contributed by atoms with Crippen LogP contribution in [-0.4, -0.2) is 18.6 Å². The van der Waals surface area contributed by atoms with Gasteiger partial charge < -0.3 is 10.1 Å². The van der Waals surface area contributed by atoms with Crippen molar-refractivity contribution in [1.82, 2.24) is 10.3 Å². The third-order valence-electron chi connectivity index (χ3n) is 5.09. The molecule has 2 aromatic carbocycles. The Labute approximate surface area is 183 Å². The van der Waals surface area contributed by atoms with Gasteiger partial charge in [0.2, 0.25) is 0 Å². The molecule has 148 valence electrons. The van der Waals surface area contributed by atoms with E-state index in [2.05, 4.69) is 81.4 Å². The number of hydrogen-bond donors (Lipinski definition) is 1. The maximum absolute atomic E-state index is 5.38. The smallest absolute Gasteiger partial charge is 0.121 e. The van der Waals surface area contributed by atoms with Crippen LogP contribution in [0, 0.1) is 0 Å². The number of ether oxygens (including phenoxy) is 1. The molecule has 2 aromatic heterocycles. The summed E-state index contributed by atoms with van der Waals surface area (Å²) in [5.74, 6) is 0.828. The number of halogens is 1. The first kappa shape index (κ1) is 20.1. The predicted molar refractivity (Wildman–Crippen MR) is 126 cm³/mol. The lowest BCUT2D eigenvalue weighted by Crippen LogP contribution is -2.22. The highest BCUT2D eigenvalue weighted by Gasteiger charge is 2.15. The molecule has 5 heteroatoms. The van der Waals surface area contributed by atoms with Crippen LogP contribution in [0.5, 0.6) is 5.75 Å². The zero-order valence-electron chi connectivity index (χ0n) is 16.5. The summed E-state index contributed by atoms with van der Waals surface area (Å²) in [6, 6.07) is 19.2. The molecule has 3 nitrogen and oxygen atoms in total. The minimum Gasteiger partial charge on any atom is -0.497 e. The summed E-state index contributed by atoms with van der Waals surface area (Å²) in [4.78, 5) is 5.00. The molecule has 0 aliphatic carbocycles. The Kier molecular flexibility index (Phi) is 6.28. The van der Waals surface area contributed by atoms with Crippen LogP contribution < -0.4 is 10.1 Å². The number of hydrogen-bond acceptors (Lipinski definition) is 4. The zero-order valence-corrected chi connectivity index (χ0v) is 18.9. The van der Waals surface area contributed by atoms with Gasteiger partial charge >= 0.3 is 0 Å². The molecule has 0 radical (unpaired) electrons. The average molecular weight is 467 g/mol. The van der Waals surface area contributed by atoms with Crippen molar-refractivity contribution >= 4 is 38.2 Å². The van der Waals surface area contributed by atoms with Crippen molar-refractivity contribution < 1.29 is 4.74 Å². The van der Waals surface area contributed by atoms with E-state index in [1.54, 1.807) is 18.4 Å². The molecule has 0 bridgehead atoms. The van der Waals surface area contributed by atoms with Gasteiger partial charge in [0.25, 0.3) is 0 Å². The normalized spacial score (nSPS) is 12.2. The molecule has 4 rings (SSSR count). The van der Waals surface area contributed by atoms with E-state index in [9.17, 15) is 0 Å². The average Bonchev–Trinajstić information content (AvgIpc) is 3.28. The highest BCUT2D eigenvalue weighted by molar-refractivity contribution is 9.10. The second-order valence-electron chi connectivity index (χ2n) is 7.05. The Hall–Kier alpha value is -2.21. The number of pyridine rings is 1. The molecule has 0 aliphatic heterocycles. The Morgan fingerprint density at radius 2 is 1.93 bits per heavy atom. The van der Waals surface area contributed by atoms with Gasteiger partial charge in [0.15, 0.2) is 0 Å². The molecule has 0 aliphatic rings. The summed E-state index contributed by atoms with van der Waals surface area (Å²) < 4.78 is 6.49. The van der Waals surface area contributed by atoms with E-state index in [1.807, 2.05) is 12.1 Å². The van der Waals surface area contributed by atoms with E-state index >= 15 is 0 Å². The SMILES string of the molecule is COc1ccc2cc(C(C)NCCc3ccc(Br)cc3)c(-c3ccsc3)nc2c1. The molecule has 0 fully saturated rings. The maximum atomic E-state index is 5.38. The fraction of sp³-hybridized carbons (Fsp3) is 0.208. The van der Waals surface area contributed by atoms with Crippen LogP contribution in [0.25, 0.3) is 22.2 Å². The topological polar surface area (TPSA) is 34.1 Å². The van der Waals surface area contributed by atoms with E-state index in [0.717, 1.165) is 45.3 Å². The van der Waals surface area contributed by atoms with Crippen LogP contribution in [-0.2, 0) is 6.42 Å². The molecule has 0 saturated heterocycles. The molecular weight excluding hydrogens is 444 g/mol. The van der Waals surface area contributed by atoms with Gasteiger partial charge in [0, 0.05) is 32.9 Å². The van der Waals surface area contributed by atoms with Crippen molar-refractivity contribution in [3.05, 3.63) is 81.0 Å². The lowest BCUT2D eigenvalue weighted by molar-refractivity contribution is 0.415. The van der Waals surface area contributed by atoms with Gasteiger partial charge in [-0.15, -0.1) is 0 Å². The largest absolute Gasteiger partial charge is 0.497 e. The fourth-order valence-electron chi connectivity index (χ4n) is 3.44. The summed E-state index contributed by atoms with van der Waals surface area (Å²) in [5, 5.41) is 9.06. The minimum absolute atomic E-state index is 0.194. The van der Waals surface area contributed by atoms with Crippen LogP contribution in [0.4, 0.5) is 0 Å². The molecule has 0 amide bonds. The maximum Gasteiger partial charge on any atom is 0.121 e. The Morgan fingerprint density at radius 3 is 2.66 bits per heavy atom. The lowest BCUT2D eigenvalue weighted by atomic mass is 9.99. The van der Waals surface area contributed by atoms with Gasteiger partial charge in [-0.2, -0.15) is 11.3 Å². The van der Waals surface area contributed by atoms with Crippen molar-refractivity contribution in [2.45, 2.75) is 19.4 Å². The molecule has 4 aromatic rings. The van der Waals surface area contributed by atoms with Gasteiger partial charge in [0.05, 0.1) is 18.3 Å². The first-order valence-corrected chi connectivity index (χ1v) is 11.4. The standard InChI is InChI=1S/C24H23BrN2OS/c1-16(26-11-9-17-3-6-20(25)7-4-17)22-13-18-5-8-21(28-2)14-23(18)27-24(22)19-10-12-29-15-19/h3-8,10,12-16,26H,9,11H2,1-2H3. The van der Waals surface area contributed by atoms with Crippen molar-refractivity contribution in [2.24, 2.45) is 0 Å². The summed E-state index contributed by atoms with van der Waals surface area (Å²) >= 11 is 5.19. The van der Waals surface area contributed by atoms with Gasteiger partial charge in [-0.25, -0.2) is 4.98 Å². The van der Waals surface area contributed by atoms with Crippen molar-refractivity contribution in [3.8, 4) is 17.0 Å². The number of rotatable bonds is 7. The number of nitrogens with zero attached hydrogens (tertiary/aromatic N) is 1. The zero-order chi connectivity index (χ0) is 20.2. The van der Waals surface area contributed by atoms with Crippen molar-refractivity contribution in [1.29, 1.82) is 0 Å². The summed E-state index contributed by atoms with van der Waals surface area (Å²) in [5.41, 5.74) is 5.70. The van der Waals surface area contributed by atoms with E-state index in [0.29, 0.717) is 0 Å². The fourth-order valence-corrected chi connectivity index (χ4v) is 4.35. The quantitative estimate of drug-likeness (QED) is 0.331.